The molecule has 3 N–H and O–H groups in total. The van der Waals surface area contributed by atoms with Crippen LogP contribution in [-0.2, 0) is 0 Å². The van der Waals surface area contributed by atoms with Gasteiger partial charge in [-0.2, -0.15) is 0 Å². The molecule has 0 aliphatic carbocycles. The number of hydrogen-bond acceptors (Lipinski definition) is 3. The topological polar surface area (TPSA) is 41.3 Å². The molecule has 0 spiro atoms. The number of rotatable bonds is 0. The number of nitrogens with two attached hydrogens (primary N) is 1. The number of hydrogen-bond donors (Lipinski definition) is 2. The van der Waals surface area contributed by atoms with Gasteiger partial charge in [0, 0.05) is 32.2 Å². The Morgan fingerprint density at radius 1 is 1.67 bits per heavy atom. The van der Waals surface area contributed by atoms with Gasteiger partial charge in [-0.05, 0) is 7.05 Å². The zero-order valence-corrected chi connectivity index (χ0v) is 5.93. The summed E-state index contributed by atoms with van der Waals surface area (Å²) in [6.45, 7) is 4.18. The van der Waals surface area contributed by atoms with Crippen LogP contribution in [0.1, 0.15) is 0 Å². The van der Waals surface area contributed by atoms with Crippen molar-refractivity contribution in [1.82, 2.24) is 10.2 Å². The first-order valence-corrected chi connectivity index (χ1v) is 3.44. The van der Waals surface area contributed by atoms with Crippen LogP contribution in [0.25, 0.3) is 0 Å². The Morgan fingerprint density at radius 2 is 2.44 bits per heavy atom. The molecule has 1 aliphatic rings. The molecule has 1 saturated heterocycles. The highest BCUT2D eigenvalue weighted by Gasteiger charge is 2.09. The van der Waals surface area contributed by atoms with Crippen molar-refractivity contribution in [3.63, 3.8) is 0 Å². The van der Waals surface area contributed by atoms with E-state index < -0.39 is 0 Å². The van der Waals surface area contributed by atoms with E-state index in [-0.39, 0.29) is 0 Å². The van der Waals surface area contributed by atoms with Gasteiger partial charge in [0.25, 0.3) is 0 Å². The molecule has 9 heavy (non-hydrogen) atoms. The van der Waals surface area contributed by atoms with E-state index in [2.05, 4.69) is 17.3 Å². The highest BCUT2D eigenvalue weighted by molar-refractivity contribution is 4.73. The van der Waals surface area contributed by atoms with E-state index in [0.29, 0.717) is 6.04 Å². The summed E-state index contributed by atoms with van der Waals surface area (Å²) >= 11 is 0. The van der Waals surface area contributed by atoms with Crippen LogP contribution >= 0.6 is 0 Å². The minimum atomic E-state index is 0.317. The van der Waals surface area contributed by atoms with E-state index in [9.17, 15) is 0 Å². The lowest BCUT2D eigenvalue weighted by atomic mass is 10.3. The summed E-state index contributed by atoms with van der Waals surface area (Å²) in [6, 6.07) is 0.317. The minimum absolute atomic E-state index is 0.317. The number of likely N-dealkylation sites (N-methyl/N-ethyl adjacent to an activating group) is 1. The Hall–Kier alpha value is -0.120. The van der Waals surface area contributed by atoms with Gasteiger partial charge in [0.2, 0.25) is 0 Å². The third kappa shape index (κ3) is 2.30. The number of nitrogens with one attached hydrogen (secondary N) is 1. The maximum absolute atomic E-state index is 5.72. The van der Waals surface area contributed by atoms with Gasteiger partial charge in [-0.1, -0.05) is 0 Å². The lowest BCUT2D eigenvalue weighted by Crippen LogP contribution is -2.37. The van der Waals surface area contributed by atoms with Crippen LogP contribution in [0.15, 0.2) is 0 Å². The molecule has 0 aromatic heterocycles. The first-order valence-electron chi connectivity index (χ1n) is 3.44. The summed E-state index contributed by atoms with van der Waals surface area (Å²) < 4.78 is 0. The summed E-state index contributed by atoms with van der Waals surface area (Å²) in [5, 5.41) is 3.26. The summed E-state index contributed by atoms with van der Waals surface area (Å²) in [5.74, 6) is 0. The van der Waals surface area contributed by atoms with Crippen molar-refractivity contribution in [2.24, 2.45) is 5.73 Å². The largest absolute Gasteiger partial charge is 0.325 e. The summed E-state index contributed by atoms with van der Waals surface area (Å²) in [7, 11) is 2.10. The molecule has 1 atom stereocenters. The second-order valence-electron chi connectivity index (χ2n) is 2.73. The average molecular weight is 129 g/mol. The molecule has 0 amide bonds. The maximum atomic E-state index is 5.72. The van der Waals surface area contributed by atoms with Crippen LogP contribution in [0.4, 0.5) is 0 Å². The molecule has 0 radical (unpaired) electrons. The lowest BCUT2D eigenvalue weighted by Gasteiger charge is -2.14. The molecular formula is C6H15N3. The molecular weight excluding hydrogens is 114 g/mol. The predicted molar refractivity (Wildman–Crippen MR) is 38.3 cm³/mol. The van der Waals surface area contributed by atoms with Crippen molar-refractivity contribution in [3.05, 3.63) is 0 Å². The van der Waals surface area contributed by atoms with E-state index in [0.717, 1.165) is 26.2 Å². The monoisotopic (exact) mass is 129 g/mol. The fourth-order valence-corrected chi connectivity index (χ4v) is 1.11. The third-order valence-electron chi connectivity index (χ3n) is 1.62. The van der Waals surface area contributed by atoms with Crippen molar-refractivity contribution in [1.29, 1.82) is 0 Å². The molecule has 0 aromatic rings. The normalized spacial score (nSPS) is 32.0. The highest BCUT2D eigenvalue weighted by atomic mass is 15.1. The molecule has 0 saturated carbocycles. The van der Waals surface area contributed by atoms with Crippen molar-refractivity contribution < 1.29 is 0 Å². The van der Waals surface area contributed by atoms with E-state index in [1.807, 2.05) is 0 Å². The molecule has 54 valence electrons. The Balaban J connectivity index is 2.29. The Labute approximate surface area is 56.2 Å². The molecule has 0 bridgehead atoms. The van der Waals surface area contributed by atoms with Crippen molar-refractivity contribution >= 4 is 0 Å². The molecule has 0 aromatic carbocycles. The Bertz CT molecular complexity index is 74.4. The summed E-state index contributed by atoms with van der Waals surface area (Å²) in [6.07, 6.45) is 0. The molecule has 3 nitrogen and oxygen atoms in total. The van der Waals surface area contributed by atoms with Crippen LogP contribution in [-0.4, -0.2) is 44.2 Å². The quantitative estimate of drug-likeness (QED) is 0.434. The van der Waals surface area contributed by atoms with E-state index in [1.54, 1.807) is 0 Å². The second-order valence-corrected chi connectivity index (χ2v) is 2.73. The van der Waals surface area contributed by atoms with Gasteiger partial charge < -0.3 is 16.0 Å². The fourth-order valence-electron chi connectivity index (χ4n) is 1.11. The van der Waals surface area contributed by atoms with Crippen LogP contribution < -0.4 is 11.1 Å². The smallest absolute Gasteiger partial charge is 0.0294 e. The minimum Gasteiger partial charge on any atom is -0.325 e. The number of nitrogens with zero attached hydrogens (tertiary/aromatic N) is 1. The first-order chi connectivity index (χ1) is 4.29. The maximum Gasteiger partial charge on any atom is 0.0294 e. The lowest BCUT2D eigenvalue weighted by molar-refractivity contribution is 0.342. The van der Waals surface area contributed by atoms with Crippen LogP contribution in [0.5, 0.6) is 0 Å². The van der Waals surface area contributed by atoms with Crippen molar-refractivity contribution in [3.8, 4) is 0 Å². The van der Waals surface area contributed by atoms with Gasteiger partial charge in [-0.3, -0.25) is 0 Å². The van der Waals surface area contributed by atoms with Gasteiger partial charge in [0.1, 0.15) is 0 Å². The van der Waals surface area contributed by atoms with Gasteiger partial charge in [-0.15, -0.1) is 0 Å². The average Bonchev–Trinajstić information content (AvgIpc) is 1.93. The predicted octanol–water partition coefficient (Wildman–Crippen LogP) is -1.15. The third-order valence-corrected chi connectivity index (χ3v) is 1.62. The summed E-state index contributed by atoms with van der Waals surface area (Å²) in [4.78, 5) is 2.25. The van der Waals surface area contributed by atoms with Gasteiger partial charge in [-0.25, -0.2) is 0 Å². The molecule has 1 aliphatic heterocycles. The SMILES string of the molecule is CN1CCNCC(N)C1. The molecule has 1 unspecified atom stereocenters. The van der Waals surface area contributed by atoms with Crippen LogP contribution in [0, 0.1) is 0 Å². The van der Waals surface area contributed by atoms with Crippen molar-refractivity contribution in [2.75, 3.05) is 33.2 Å². The summed E-state index contributed by atoms with van der Waals surface area (Å²) in [5.41, 5.74) is 5.72. The Morgan fingerprint density at radius 3 is 3.22 bits per heavy atom. The second kappa shape index (κ2) is 3.15. The zero-order valence-electron chi connectivity index (χ0n) is 5.93. The van der Waals surface area contributed by atoms with Gasteiger partial charge >= 0.3 is 0 Å². The van der Waals surface area contributed by atoms with E-state index in [4.69, 9.17) is 5.73 Å². The fraction of sp³-hybridized carbons (Fsp3) is 1.00. The zero-order chi connectivity index (χ0) is 6.69. The first kappa shape index (κ1) is 6.99. The molecule has 3 heteroatoms. The Kier molecular flexibility index (Phi) is 2.45. The van der Waals surface area contributed by atoms with Crippen molar-refractivity contribution in [2.45, 2.75) is 6.04 Å². The van der Waals surface area contributed by atoms with Crippen LogP contribution in [0.2, 0.25) is 0 Å². The van der Waals surface area contributed by atoms with Gasteiger partial charge in [0.05, 0.1) is 0 Å². The van der Waals surface area contributed by atoms with Gasteiger partial charge in [0.15, 0.2) is 0 Å². The van der Waals surface area contributed by atoms with E-state index >= 15 is 0 Å². The highest BCUT2D eigenvalue weighted by Crippen LogP contribution is 1.88. The molecule has 1 heterocycles. The molecule has 1 fully saturated rings. The standard InChI is InChI=1S/C6H15N3/c1-9-3-2-8-4-6(7)5-9/h6,8H,2-5,7H2,1H3. The van der Waals surface area contributed by atoms with E-state index in [1.165, 1.54) is 0 Å². The van der Waals surface area contributed by atoms with Crippen LogP contribution in [0.3, 0.4) is 0 Å². The molecule has 1 rings (SSSR count).